The van der Waals surface area contributed by atoms with Gasteiger partial charge in [0.2, 0.25) is 0 Å². The maximum atomic E-state index is 16.2. The molecule has 256 valence electrons. The Morgan fingerprint density at radius 1 is 0.771 bits per heavy atom. The molecule has 9 heterocycles. The SMILES string of the molecule is O=P1(O)OC[C@H]2O[C@@H]3[C@H](F)[C@@H]2O[P@@](O)(=S)OC[C@H]2O[C@H]([C@H](F)[C@@H]2O1)n1cnc2c(ncnc21)NC/C=C/CNc1ncnc2c1ncn23. The van der Waals surface area contributed by atoms with Crippen molar-refractivity contribution in [3.8, 4) is 0 Å². The molecular weight excluding hydrogens is 704 g/mol. The molecule has 48 heavy (non-hydrogen) atoms. The first-order chi connectivity index (χ1) is 23.1. The summed E-state index contributed by atoms with van der Waals surface area (Å²) in [5.41, 5.74) is 0.955. The molecule has 10 atom stereocenters. The van der Waals surface area contributed by atoms with E-state index in [9.17, 15) is 14.4 Å². The molecule has 14 bridgehead atoms. The van der Waals surface area contributed by atoms with Crippen molar-refractivity contribution in [1.29, 1.82) is 0 Å². The normalized spacial score (nSPS) is 38.0. The Bertz CT molecular complexity index is 1850. The van der Waals surface area contributed by atoms with Gasteiger partial charge in [-0.05, 0) is 11.8 Å². The fraction of sp³-hybridized carbons (Fsp3) is 0.500. The van der Waals surface area contributed by atoms with E-state index < -0.39 is 77.0 Å². The fourth-order valence-electron chi connectivity index (χ4n) is 5.87. The first kappa shape index (κ1) is 32.1. The van der Waals surface area contributed by atoms with Crippen molar-refractivity contribution in [3.05, 3.63) is 37.5 Å². The van der Waals surface area contributed by atoms with Crippen LogP contribution < -0.4 is 10.6 Å². The number of alkyl halides is 2. The number of anilines is 2. The van der Waals surface area contributed by atoms with Gasteiger partial charge < -0.3 is 34.4 Å². The van der Waals surface area contributed by atoms with Crippen molar-refractivity contribution in [2.45, 2.75) is 49.2 Å². The first-order valence-corrected chi connectivity index (χ1v) is 18.6. The number of imidazole rings is 2. The van der Waals surface area contributed by atoms with Crippen molar-refractivity contribution < 1.29 is 50.7 Å². The molecule has 24 heteroatoms. The minimum absolute atomic E-state index is 0.179. The van der Waals surface area contributed by atoms with Crippen LogP contribution >= 0.6 is 14.5 Å². The molecule has 3 fully saturated rings. The summed E-state index contributed by atoms with van der Waals surface area (Å²) in [4.78, 5) is 47.3. The van der Waals surface area contributed by atoms with Crippen molar-refractivity contribution in [3.63, 3.8) is 0 Å². The molecule has 0 aliphatic carbocycles. The highest BCUT2D eigenvalue weighted by Crippen LogP contribution is 2.54. The molecule has 9 rings (SSSR count). The molecule has 1 unspecified atom stereocenters. The predicted molar refractivity (Wildman–Crippen MR) is 162 cm³/mol. The zero-order valence-corrected chi connectivity index (χ0v) is 26.9. The number of nitrogens with one attached hydrogen (secondary N) is 2. The molecule has 0 spiro atoms. The molecule has 19 nitrogen and oxygen atoms in total. The fourth-order valence-corrected chi connectivity index (χ4v) is 8.27. The van der Waals surface area contributed by atoms with Gasteiger partial charge in [0.05, 0.1) is 25.9 Å². The highest BCUT2D eigenvalue weighted by atomic mass is 32.5. The summed E-state index contributed by atoms with van der Waals surface area (Å²) in [5, 5.41) is 6.25. The molecule has 4 N–H and O–H groups in total. The number of fused-ring (bicyclic) bond motifs is 10. The van der Waals surface area contributed by atoms with Crippen molar-refractivity contribution in [1.82, 2.24) is 39.0 Å². The summed E-state index contributed by atoms with van der Waals surface area (Å²) >= 11 is 5.19. The van der Waals surface area contributed by atoms with E-state index in [0.29, 0.717) is 30.2 Å². The van der Waals surface area contributed by atoms with Crippen molar-refractivity contribution in [2.24, 2.45) is 0 Å². The van der Waals surface area contributed by atoms with Gasteiger partial charge in [-0.2, -0.15) is 0 Å². The Kier molecular flexibility index (Phi) is 8.24. The maximum absolute atomic E-state index is 16.2. The summed E-state index contributed by atoms with van der Waals surface area (Å²) in [6, 6.07) is 0. The second kappa shape index (κ2) is 12.3. The molecular formula is C24H26F2N10O9P2S. The Balaban J connectivity index is 1.21. The van der Waals surface area contributed by atoms with Crippen LogP contribution in [-0.2, 0) is 43.9 Å². The van der Waals surface area contributed by atoms with Crippen LogP contribution in [0.4, 0.5) is 20.4 Å². The van der Waals surface area contributed by atoms with Gasteiger partial charge in [0.15, 0.2) is 58.8 Å². The van der Waals surface area contributed by atoms with Gasteiger partial charge in [-0.15, -0.1) is 0 Å². The summed E-state index contributed by atoms with van der Waals surface area (Å²) in [7, 11) is -5.07. The molecule has 0 radical (unpaired) electrons. The average molecular weight is 731 g/mol. The molecule has 4 aromatic rings. The number of halogens is 2. The Morgan fingerprint density at radius 2 is 1.27 bits per heavy atom. The summed E-state index contributed by atoms with van der Waals surface area (Å²) in [6.07, 6.45) is -4.66. The third-order valence-electron chi connectivity index (χ3n) is 8.05. The zero-order valence-electron chi connectivity index (χ0n) is 24.3. The lowest BCUT2D eigenvalue weighted by atomic mass is 10.1. The van der Waals surface area contributed by atoms with E-state index in [-0.39, 0.29) is 16.8 Å². The van der Waals surface area contributed by atoms with Crippen LogP contribution in [0, 0.1) is 0 Å². The van der Waals surface area contributed by atoms with Crippen LogP contribution in [-0.4, -0.2) is 112 Å². The standard InChI is InChI=1S/C24H26F2N10O9P2S/c25-13-17-12-6-41-47(39,48)45-18-11(5-40-46(37,38)44-17)42-24(14(18)26)36-10-34-16-20(30-8-32-22(16)36)28-4-2-1-3-27-19-15-21(31-7-29-19)35(9-33-15)23(13)43-12/h1-2,7-14,17-18,23-24H,3-6H2,(H,37,38)(H,39,48)(H,27,29,31)(H,28,30,32)/b2-1+/t11-,12-,13-,14-,17-,18-,23-,24-,47+/m1/s1. The first-order valence-electron chi connectivity index (χ1n) is 14.5. The smallest absolute Gasteiger partial charge is 0.365 e. The second-order valence-corrected chi connectivity index (χ2v) is 15.2. The van der Waals surface area contributed by atoms with E-state index in [1.54, 1.807) is 0 Å². The van der Waals surface area contributed by atoms with E-state index in [1.165, 1.54) is 34.4 Å². The van der Waals surface area contributed by atoms with Gasteiger partial charge in [-0.1, -0.05) is 12.2 Å². The van der Waals surface area contributed by atoms with Gasteiger partial charge in [0.25, 0.3) is 0 Å². The van der Waals surface area contributed by atoms with Crippen LogP contribution in [0.1, 0.15) is 12.5 Å². The van der Waals surface area contributed by atoms with Crippen molar-refractivity contribution in [2.75, 3.05) is 36.9 Å². The summed E-state index contributed by atoms with van der Waals surface area (Å²) in [5.74, 6) is 0.703. The summed E-state index contributed by atoms with van der Waals surface area (Å²) < 4.78 is 81.4. The van der Waals surface area contributed by atoms with Crippen LogP contribution in [0.15, 0.2) is 37.5 Å². The molecule has 4 aromatic heterocycles. The van der Waals surface area contributed by atoms with Crippen LogP contribution in [0.2, 0.25) is 0 Å². The third kappa shape index (κ3) is 5.79. The lowest BCUT2D eigenvalue weighted by molar-refractivity contribution is -0.0623. The summed E-state index contributed by atoms with van der Waals surface area (Å²) in [6.45, 7) is -5.09. The Labute approximate surface area is 273 Å². The average Bonchev–Trinajstić information content (AvgIpc) is 3.81. The number of ether oxygens (including phenoxy) is 2. The van der Waals surface area contributed by atoms with E-state index >= 15 is 8.78 Å². The van der Waals surface area contributed by atoms with Crippen LogP contribution in [0.3, 0.4) is 0 Å². The third-order valence-corrected chi connectivity index (χ3v) is 10.6. The lowest BCUT2D eigenvalue weighted by Gasteiger charge is -2.28. The lowest BCUT2D eigenvalue weighted by Crippen LogP contribution is -2.37. The van der Waals surface area contributed by atoms with E-state index in [1.807, 2.05) is 12.2 Å². The van der Waals surface area contributed by atoms with Gasteiger partial charge in [0, 0.05) is 13.1 Å². The molecule has 5 aliphatic rings. The number of phosphoric ester groups is 1. The second-order valence-electron chi connectivity index (χ2n) is 11.0. The Morgan fingerprint density at radius 3 is 1.81 bits per heavy atom. The minimum Gasteiger partial charge on any atom is -0.365 e. The van der Waals surface area contributed by atoms with Gasteiger partial charge in [0.1, 0.15) is 37.1 Å². The van der Waals surface area contributed by atoms with Gasteiger partial charge in [-0.3, -0.25) is 22.7 Å². The topological polar surface area (TPSA) is 224 Å². The molecule has 5 aliphatic heterocycles. The molecule has 3 saturated heterocycles. The van der Waals surface area contributed by atoms with E-state index in [2.05, 4.69) is 40.5 Å². The quantitative estimate of drug-likeness (QED) is 0.149. The monoisotopic (exact) mass is 730 g/mol. The van der Waals surface area contributed by atoms with E-state index in [0.717, 1.165) is 0 Å². The predicted octanol–water partition coefficient (Wildman–Crippen LogP) is 1.67. The number of nitrogens with zero attached hydrogens (tertiary/aromatic N) is 8. The van der Waals surface area contributed by atoms with Gasteiger partial charge >= 0.3 is 14.5 Å². The minimum atomic E-state index is -5.07. The van der Waals surface area contributed by atoms with Crippen LogP contribution in [0.25, 0.3) is 22.3 Å². The van der Waals surface area contributed by atoms with E-state index in [4.69, 9.17) is 39.4 Å². The largest absolute Gasteiger partial charge is 0.472 e. The van der Waals surface area contributed by atoms with Crippen LogP contribution in [0.5, 0.6) is 0 Å². The highest BCUT2D eigenvalue weighted by Gasteiger charge is 2.54. The number of aromatic nitrogens is 8. The molecule has 0 saturated carbocycles. The maximum Gasteiger partial charge on any atom is 0.472 e. The number of rotatable bonds is 0. The number of hydrogen-bond acceptors (Lipinski definition) is 16. The highest BCUT2D eigenvalue weighted by molar-refractivity contribution is 8.07. The number of hydrogen-bond donors (Lipinski definition) is 4. The number of phosphoric acid groups is 1. The van der Waals surface area contributed by atoms with Gasteiger partial charge in [-0.25, -0.2) is 43.2 Å². The Hall–Kier alpha value is -3.14. The zero-order chi connectivity index (χ0) is 33.2. The van der Waals surface area contributed by atoms with Crippen molar-refractivity contribution >= 4 is 60.3 Å². The molecule has 0 aromatic carbocycles. The molecule has 0 amide bonds.